The van der Waals surface area contributed by atoms with Crippen molar-refractivity contribution in [3.8, 4) is 0 Å². The number of alkyl carbamates (subject to hydrolysis) is 1. The van der Waals surface area contributed by atoms with Gasteiger partial charge in [-0.15, -0.1) is 0 Å². The van der Waals surface area contributed by atoms with Crippen LogP contribution in [-0.2, 0) is 4.74 Å². The number of carbonyl (C=O) groups is 2. The normalized spacial score (nSPS) is 21.3. The summed E-state index contributed by atoms with van der Waals surface area (Å²) in [5, 5.41) is 12.9. The molecule has 2 N–H and O–H groups in total. The van der Waals surface area contributed by atoms with Gasteiger partial charge >= 0.3 is 6.09 Å². The van der Waals surface area contributed by atoms with Crippen LogP contribution in [0, 0.1) is 11.8 Å². The third-order valence-electron chi connectivity index (χ3n) is 3.83. The van der Waals surface area contributed by atoms with Crippen LogP contribution in [0.3, 0.4) is 0 Å². The number of aliphatic hydroxyl groups excluding tert-OH is 1. The van der Waals surface area contributed by atoms with E-state index in [-0.39, 0.29) is 24.3 Å². The number of furan rings is 1. The Balaban J connectivity index is 1.76. The molecule has 1 aliphatic heterocycles. The number of β-amino-alcohol motifs (C(OH)–C–C–N with tert-alkyl or cyclic N) is 1. The van der Waals surface area contributed by atoms with E-state index in [9.17, 15) is 14.7 Å². The lowest BCUT2D eigenvalue weighted by Gasteiger charge is -2.35. The highest BCUT2D eigenvalue weighted by molar-refractivity contribution is 5.93. The second kappa shape index (κ2) is 8.01. The van der Waals surface area contributed by atoms with Crippen molar-refractivity contribution in [3.63, 3.8) is 0 Å². The highest BCUT2D eigenvalue weighted by Gasteiger charge is 2.31. The Hall–Kier alpha value is -2.02. The van der Waals surface area contributed by atoms with Crippen molar-refractivity contribution < 1.29 is 23.8 Å². The molecule has 2 amide bonds. The first-order chi connectivity index (χ1) is 11.0. The van der Waals surface area contributed by atoms with E-state index >= 15 is 0 Å². The van der Waals surface area contributed by atoms with Crippen molar-refractivity contribution >= 4 is 12.0 Å². The topological polar surface area (TPSA) is 92.0 Å². The molecule has 1 fully saturated rings. The fourth-order valence-corrected chi connectivity index (χ4v) is 2.48. The first-order valence-corrected chi connectivity index (χ1v) is 7.87. The maximum Gasteiger partial charge on any atom is 0.407 e. The Kier molecular flexibility index (Phi) is 6.04. The van der Waals surface area contributed by atoms with Crippen LogP contribution in [0.1, 0.15) is 30.6 Å². The molecule has 7 nitrogen and oxygen atoms in total. The van der Waals surface area contributed by atoms with Gasteiger partial charge in [0.2, 0.25) is 0 Å². The molecule has 1 aromatic heterocycles. The van der Waals surface area contributed by atoms with E-state index in [1.165, 1.54) is 12.5 Å². The van der Waals surface area contributed by atoms with E-state index in [0.29, 0.717) is 31.7 Å². The molecule has 0 radical (unpaired) electrons. The summed E-state index contributed by atoms with van der Waals surface area (Å²) in [5.41, 5.74) is 0.478. The summed E-state index contributed by atoms with van der Waals surface area (Å²) in [5.74, 6) is 0.0408. The number of hydrogen-bond donors (Lipinski definition) is 2. The largest absolute Gasteiger partial charge is 0.472 e. The van der Waals surface area contributed by atoms with Gasteiger partial charge in [-0.2, -0.15) is 0 Å². The summed E-state index contributed by atoms with van der Waals surface area (Å²) in [6.45, 7) is 5.41. The summed E-state index contributed by atoms with van der Waals surface area (Å²) in [4.78, 5) is 25.3. The van der Waals surface area contributed by atoms with E-state index in [1.54, 1.807) is 11.0 Å². The zero-order valence-corrected chi connectivity index (χ0v) is 13.5. The van der Waals surface area contributed by atoms with Gasteiger partial charge in [0.05, 0.1) is 24.5 Å². The minimum absolute atomic E-state index is 0.0880. The van der Waals surface area contributed by atoms with Crippen molar-refractivity contribution in [1.29, 1.82) is 0 Å². The molecule has 0 saturated carbocycles. The number of carbonyl (C=O) groups excluding carboxylic acids is 2. The fourth-order valence-electron chi connectivity index (χ4n) is 2.48. The first-order valence-electron chi connectivity index (χ1n) is 7.87. The molecule has 2 rings (SSSR count). The Labute approximate surface area is 135 Å². The second-order valence-electron chi connectivity index (χ2n) is 6.25. The van der Waals surface area contributed by atoms with Gasteiger partial charge in [0.1, 0.15) is 6.26 Å². The molecule has 0 bridgehead atoms. The fraction of sp³-hybridized carbons (Fsp3) is 0.625. The minimum atomic E-state index is -0.676. The highest BCUT2D eigenvalue weighted by atomic mass is 16.5. The SMILES string of the molecule is CC(C)COC(=O)NC[C@@H]1CCN(C(=O)c2ccoc2)C[C@H]1O. The molecular formula is C16H24N2O5. The zero-order chi connectivity index (χ0) is 16.8. The molecule has 2 heterocycles. The maximum atomic E-state index is 12.2. The first kappa shape index (κ1) is 17.3. The van der Waals surface area contributed by atoms with Gasteiger partial charge in [-0.25, -0.2) is 4.79 Å². The van der Waals surface area contributed by atoms with Crippen molar-refractivity contribution in [3.05, 3.63) is 24.2 Å². The molecule has 0 spiro atoms. The lowest BCUT2D eigenvalue weighted by molar-refractivity contribution is 0.0194. The van der Waals surface area contributed by atoms with Gasteiger partial charge in [-0.05, 0) is 18.4 Å². The predicted octanol–water partition coefficient (Wildman–Crippen LogP) is 1.48. The van der Waals surface area contributed by atoms with E-state index in [1.807, 2.05) is 13.8 Å². The number of nitrogens with zero attached hydrogens (tertiary/aromatic N) is 1. The van der Waals surface area contributed by atoms with E-state index in [0.717, 1.165) is 0 Å². The highest BCUT2D eigenvalue weighted by Crippen LogP contribution is 2.19. The molecule has 2 atom stereocenters. The Bertz CT molecular complexity index is 515. The van der Waals surface area contributed by atoms with Crippen LogP contribution in [-0.4, -0.2) is 54.4 Å². The number of likely N-dealkylation sites (tertiary alicyclic amines) is 1. The molecular weight excluding hydrogens is 300 g/mol. The van der Waals surface area contributed by atoms with Crippen molar-refractivity contribution in [1.82, 2.24) is 10.2 Å². The summed E-state index contributed by atoms with van der Waals surface area (Å²) in [6, 6.07) is 1.60. The molecule has 0 unspecified atom stereocenters. The molecule has 128 valence electrons. The monoisotopic (exact) mass is 324 g/mol. The van der Waals surface area contributed by atoms with Crippen LogP contribution in [0.15, 0.2) is 23.0 Å². The minimum Gasteiger partial charge on any atom is -0.472 e. The number of hydrogen-bond acceptors (Lipinski definition) is 5. The number of nitrogens with one attached hydrogen (secondary N) is 1. The summed E-state index contributed by atoms with van der Waals surface area (Å²) in [7, 11) is 0. The van der Waals surface area contributed by atoms with Gasteiger partial charge in [0.15, 0.2) is 0 Å². The van der Waals surface area contributed by atoms with Crippen LogP contribution < -0.4 is 5.32 Å². The van der Waals surface area contributed by atoms with Crippen molar-refractivity contribution in [2.24, 2.45) is 11.8 Å². The lowest BCUT2D eigenvalue weighted by atomic mass is 9.93. The van der Waals surface area contributed by atoms with Crippen LogP contribution in [0.2, 0.25) is 0 Å². The average Bonchev–Trinajstić information content (AvgIpc) is 3.05. The molecule has 1 aromatic rings. The van der Waals surface area contributed by atoms with Gasteiger partial charge in [-0.1, -0.05) is 13.8 Å². The number of ether oxygens (including phenoxy) is 1. The number of amides is 2. The Morgan fingerprint density at radius 2 is 2.30 bits per heavy atom. The summed E-state index contributed by atoms with van der Waals surface area (Å²) in [6.07, 6.45) is 2.32. The lowest BCUT2D eigenvalue weighted by Crippen LogP contribution is -2.49. The smallest absolute Gasteiger partial charge is 0.407 e. The predicted molar refractivity (Wildman–Crippen MR) is 82.9 cm³/mol. The van der Waals surface area contributed by atoms with Gasteiger partial charge < -0.3 is 24.5 Å². The van der Waals surface area contributed by atoms with Crippen LogP contribution in [0.4, 0.5) is 4.79 Å². The van der Waals surface area contributed by atoms with Gasteiger partial charge in [0, 0.05) is 25.6 Å². The maximum absolute atomic E-state index is 12.2. The molecule has 7 heteroatoms. The van der Waals surface area contributed by atoms with Crippen LogP contribution in [0.25, 0.3) is 0 Å². The molecule has 0 aliphatic carbocycles. The number of aliphatic hydroxyl groups is 1. The Morgan fingerprint density at radius 3 is 2.91 bits per heavy atom. The number of rotatable bonds is 5. The quantitative estimate of drug-likeness (QED) is 0.856. The van der Waals surface area contributed by atoms with E-state index < -0.39 is 12.2 Å². The van der Waals surface area contributed by atoms with E-state index in [4.69, 9.17) is 9.15 Å². The van der Waals surface area contributed by atoms with Crippen LogP contribution in [0.5, 0.6) is 0 Å². The number of piperidine rings is 1. The molecule has 0 aromatic carbocycles. The van der Waals surface area contributed by atoms with Crippen molar-refractivity contribution in [2.45, 2.75) is 26.4 Å². The average molecular weight is 324 g/mol. The molecule has 1 saturated heterocycles. The van der Waals surface area contributed by atoms with E-state index in [2.05, 4.69) is 5.32 Å². The third-order valence-corrected chi connectivity index (χ3v) is 3.83. The van der Waals surface area contributed by atoms with Gasteiger partial charge in [0.25, 0.3) is 5.91 Å². The zero-order valence-electron chi connectivity index (χ0n) is 13.5. The summed E-state index contributed by atoms with van der Waals surface area (Å²) >= 11 is 0. The molecule has 1 aliphatic rings. The summed E-state index contributed by atoms with van der Waals surface area (Å²) < 4.78 is 9.94. The third kappa shape index (κ3) is 4.99. The Morgan fingerprint density at radius 1 is 1.52 bits per heavy atom. The standard InChI is InChI=1S/C16H24N2O5/c1-11(2)9-23-16(21)17-7-12-3-5-18(8-14(12)19)15(20)13-4-6-22-10-13/h4,6,10-12,14,19H,3,5,7-9H2,1-2H3,(H,17,21)/t12-,14+/m0/s1. The molecule has 23 heavy (non-hydrogen) atoms. The second-order valence-corrected chi connectivity index (χ2v) is 6.25. The van der Waals surface area contributed by atoms with Crippen LogP contribution >= 0.6 is 0 Å². The van der Waals surface area contributed by atoms with Crippen molar-refractivity contribution in [2.75, 3.05) is 26.2 Å². The van der Waals surface area contributed by atoms with Gasteiger partial charge in [-0.3, -0.25) is 4.79 Å².